The van der Waals surface area contributed by atoms with E-state index >= 15 is 0 Å². The summed E-state index contributed by atoms with van der Waals surface area (Å²) in [5.74, 6) is 0. The molecule has 4 nitrogen and oxygen atoms in total. The van der Waals surface area contributed by atoms with Crippen molar-refractivity contribution in [2.75, 3.05) is 5.73 Å². The van der Waals surface area contributed by atoms with Crippen LogP contribution in [0.25, 0.3) is 21.8 Å². The van der Waals surface area contributed by atoms with Gasteiger partial charge in [-0.25, -0.2) is 4.57 Å². The van der Waals surface area contributed by atoms with Crippen LogP contribution in [0.15, 0.2) is 60.9 Å². The number of fused-ring (bicyclic) bond motifs is 3. The van der Waals surface area contributed by atoms with E-state index in [1.165, 1.54) is 21.8 Å². The molecule has 0 saturated heterocycles. The molecular weight excluding hydrogens is 321 g/mol. The summed E-state index contributed by atoms with van der Waals surface area (Å²) < 4.78 is 4.16. The molecule has 0 amide bonds. The predicted octanol–water partition coefficient (Wildman–Crippen LogP) is 1.29. The first-order chi connectivity index (χ1) is 12.5. The zero-order valence-corrected chi connectivity index (χ0v) is 15.2. The third kappa shape index (κ3) is 3.06. The molecule has 2 aromatic heterocycles. The van der Waals surface area contributed by atoms with E-state index in [2.05, 4.69) is 55.7 Å². The number of aliphatic hydroxyl groups excluding tert-OH is 1. The smallest absolute Gasteiger partial charge is 0.191 e. The fourth-order valence-electron chi connectivity index (χ4n) is 3.70. The van der Waals surface area contributed by atoms with Crippen LogP contribution in [0.2, 0.25) is 0 Å². The van der Waals surface area contributed by atoms with Crippen LogP contribution in [0.1, 0.15) is 5.56 Å². The summed E-state index contributed by atoms with van der Waals surface area (Å²) in [6, 6.07) is 16.8. The van der Waals surface area contributed by atoms with E-state index in [1.54, 1.807) is 0 Å². The maximum Gasteiger partial charge on any atom is 0.191 e. The van der Waals surface area contributed by atoms with Crippen molar-refractivity contribution >= 4 is 40.8 Å². The molecule has 0 radical (unpaired) electrons. The van der Waals surface area contributed by atoms with Crippen molar-refractivity contribution in [3.05, 3.63) is 66.5 Å². The first kappa shape index (κ1) is 16.7. The lowest BCUT2D eigenvalue weighted by Gasteiger charge is -2.12. The van der Waals surface area contributed by atoms with Crippen molar-refractivity contribution in [2.24, 2.45) is 0 Å². The van der Waals surface area contributed by atoms with E-state index in [0.717, 1.165) is 11.0 Å². The van der Waals surface area contributed by atoms with E-state index in [1.807, 2.05) is 29.1 Å². The summed E-state index contributed by atoms with van der Waals surface area (Å²) in [5, 5.41) is 13.2. The number of hydrogen-bond donors (Lipinski definition) is 2. The van der Waals surface area contributed by atoms with Gasteiger partial charge >= 0.3 is 0 Å². The third-order valence-electron chi connectivity index (χ3n) is 4.87. The Bertz CT molecular complexity index is 1040. The monoisotopic (exact) mass is 344 g/mol. The van der Waals surface area contributed by atoms with Crippen LogP contribution in [0, 0.1) is 6.92 Å². The fourth-order valence-corrected chi connectivity index (χ4v) is 3.70. The van der Waals surface area contributed by atoms with Crippen LogP contribution in [0.4, 0.5) is 5.69 Å². The highest BCUT2D eigenvalue weighted by atomic mass is 16.3. The molecule has 2 aromatic carbocycles. The van der Waals surface area contributed by atoms with Crippen LogP contribution in [0.5, 0.6) is 0 Å². The second-order valence-electron chi connectivity index (χ2n) is 7.14. The van der Waals surface area contributed by atoms with E-state index in [4.69, 9.17) is 5.73 Å². The van der Waals surface area contributed by atoms with Gasteiger partial charge in [-0.15, -0.1) is 0 Å². The van der Waals surface area contributed by atoms with Crippen LogP contribution >= 0.6 is 0 Å². The molecule has 0 aliphatic heterocycles. The van der Waals surface area contributed by atoms with E-state index in [-0.39, 0.29) is 0 Å². The first-order valence-corrected chi connectivity index (χ1v) is 8.93. The van der Waals surface area contributed by atoms with Crippen LogP contribution in [-0.4, -0.2) is 23.6 Å². The SMILES string of the molecule is Bc1ccc2c(c1)c1cc(C)ccc1n2CC(O)C[n+]1cccc(N)c1. The first-order valence-electron chi connectivity index (χ1n) is 8.93. The number of rotatable bonds is 4. The molecule has 1 unspecified atom stereocenters. The van der Waals surface area contributed by atoms with Gasteiger partial charge in [-0.1, -0.05) is 29.2 Å². The lowest BCUT2D eigenvalue weighted by atomic mass is 9.94. The van der Waals surface area contributed by atoms with Crippen LogP contribution in [0.3, 0.4) is 0 Å². The summed E-state index contributed by atoms with van der Waals surface area (Å²) in [5.41, 5.74) is 11.3. The van der Waals surface area contributed by atoms with Crippen molar-refractivity contribution in [1.29, 1.82) is 0 Å². The van der Waals surface area contributed by atoms with Gasteiger partial charge in [0.05, 0.1) is 12.2 Å². The molecule has 0 bridgehead atoms. The number of benzene rings is 2. The molecule has 4 aromatic rings. The molecule has 0 aliphatic carbocycles. The molecule has 26 heavy (non-hydrogen) atoms. The molecule has 0 saturated carbocycles. The van der Waals surface area contributed by atoms with Crippen molar-refractivity contribution in [1.82, 2.24) is 4.57 Å². The Labute approximate surface area is 153 Å². The lowest BCUT2D eigenvalue weighted by Crippen LogP contribution is -2.40. The van der Waals surface area contributed by atoms with Gasteiger partial charge in [-0.05, 0) is 31.2 Å². The van der Waals surface area contributed by atoms with Gasteiger partial charge in [-0.2, -0.15) is 0 Å². The molecule has 0 aliphatic rings. The molecule has 3 N–H and O–H groups in total. The number of nitrogen functional groups attached to an aromatic ring is 1. The lowest BCUT2D eigenvalue weighted by molar-refractivity contribution is -0.703. The average Bonchev–Trinajstić information content (AvgIpc) is 2.87. The van der Waals surface area contributed by atoms with Crippen molar-refractivity contribution in [3.63, 3.8) is 0 Å². The predicted molar refractivity (Wildman–Crippen MR) is 109 cm³/mol. The summed E-state index contributed by atoms with van der Waals surface area (Å²) in [7, 11) is 2.11. The zero-order valence-electron chi connectivity index (χ0n) is 15.2. The molecule has 4 rings (SSSR count). The molecule has 130 valence electrons. The number of aromatic nitrogens is 2. The summed E-state index contributed by atoms with van der Waals surface area (Å²) >= 11 is 0. The highest BCUT2D eigenvalue weighted by molar-refractivity contribution is 6.33. The average molecular weight is 344 g/mol. The Hall–Kier alpha value is -2.79. The zero-order chi connectivity index (χ0) is 18.3. The minimum atomic E-state index is -0.511. The molecule has 0 fully saturated rings. The summed E-state index contributed by atoms with van der Waals surface area (Å²) in [6.45, 7) is 3.15. The third-order valence-corrected chi connectivity index (χ3v) is 4.87. The maximum atomic E-state index is 10.7. The Morgan fingerprint density at radius 1 is 1.12 bits per heavy atom. The van der Waals surface area contributed by atoms with Gasteiger partial charge in [0.2, 0.25) is 0 Å². The second-order valence-corrected chi connectivity index (χ2v) is 7.14. The molecule has 2 heterocycles. The topological polar surface area (TPSA) is 55.1 Å². The second kappa shape index (κ2) is 6.50. The Balaban J connectivity index is 1.75. The largest absolute Gasteiger partial charge is 0.394 e. The number of hydrogen-bond acceptors (Lipinski definition) is 2. The summed E-state index contributed by atoms with van der Waals surface area (Å²) in [4.78, 5) is 0. The van der Waals surface area contributed by atoms with Gasteiger partial charge < -0.3 is 15.4 Å². The van der Waals surface area contributed by atoms with E-state index in [9.17, 15) is 5.11 Å². The standard InChI is InChI=1S/C21H23BN3O/c1-14-4-6-20-18(9-14)19-10-15(22)5-7-21(19)25(20)13-17(26)12-24-8-2-3-16(23)11-24/h2-11,17,26H,12-13,22-23H2,1H3/q+1. The number of nitrogens with two attached hydrogens (primary N) is 1. The van der Waals surface area contributed by atoms with E-state index in [0.29, 0.717) is 18.8 Å². The van der Waals surface area contributed by atoms with E-state index < -0.39 is 6.10 Å². The van der Waals surface area contributed by atoms with Gasteiger partial charge in [0.15, 0.2) is 18.9 Å². The molecular formula is C21H23BN3O+. The molecule has 1 atom stereocenters. The van der Waals surface area contributed by atoms with Gasteiger partial charge in [-0.3, -0.25) is 0 Å². The summed E-state index contributed by atoms with van der Waals surface area (Å²) in [6.07, 6.45) is 3.27. The minimum absolute atomic E-state index is 0.504. The van der Waals surface area contributed by atoms with Crippen molar-refractivity contribution in [3.8, 4) is 0 Å². The Kier molecular flexibility index (Phi) is 4.17. The highest BCUT2D eigenvalue weighted by Gasteiger charge is 2.17. The number of pyridine rings is 1. The number of anilines is 1. The van der Waals surface area contributed by atoms with Crippen molar-refractivity contribution < 1.29 is 9.67 Å². The number of aryl methyl sites for hydroxylation is 1. The molecule has 5 heteroatoms. The van der Waals surface area contributed by atoms with Gasteiger partial charge in [0.1, 0.15) is 14.0 Å². The maximum absolute atomic E-state index is 10.7. The quantitative estimate of drug-likeness (QED) is 0.433. The van der Waals surface area contributed by atoms with Gasteiger partial charge in [0.25, 0.3) is 0 Å². The number of nitrogens with zero attached hydrogens (tertiary/aromatic N) is 2. The van der Waals surface area contributed by atoms with Crippen molar-refractivity contribution in [2.45, 2.75) is 26.1 Å². The van der Waals surface area contributed by atoms with Gasteiger partial charge in [0, 0.05) is 27.9 Å². The van der Waals surface area contributed by atoms with Crippen LogP contribution < -0.4 is 15.8 Å². The minimum Gasteiger partial charge on any atom is -0.394 e. The number of aliphatic hydroxyl groups is 1. The Morgan fingerprint density at radius 2 is 1.85 bits per heavy atom. The fraction of sp³-hybridized carbons (Fsp3) is 0.190. The normalized spacial score (nSPS) is 12.7. The Morgan fingerprint density at radius 3 is 2.62 bits per heavy atom. The molecule has 0 spiro atoms. The highest BCUT2D eigenvalue weighted by Crippen LogP contribution is 2.29. The van der Waals surface area contributed by atoms with Crippen LogP contribution in [-0.2, 0) is 13.1 Å².